The molecular formula is C19H23NO5. The molecule has 0 unspecified atom stereocenters. The number of rotatable bonds is 6. The molecule has 0 saturated carbocycles. The van der Waals surface area contributed by atoms with Gasteiger partial charge in [-0.15, -0.1) is 0 Å². The lowest BCUT2D eigenvalue weighted by molar-refractivity contribution is -0.184. The minimum Gasteiger partial charge on any atom is -0.463 e. The number of aromatic nitrogens is 1. The number of carbonyl (C=O) groups excluding carboxylic acids is 2. The molecule has 0 aliphatic rings. The quantitative estimate of drug-likeness (QED) is 0.643. The van der Waals surface area contributed by atoms with Gasteiger partial charge < -0.3 is 19.1 Å². The number of aryl methyl sites for hydroxylation is 1. The van der Waals surface area contributed by atoms with Gasteiger partial charge in [-0.1, -0.05) is 24.3 Å². The van der Waals surface area contributed by atoms with Crippen molar-refractivity contribution < 1.29 is 24.2 Å². The number of nitrogens with zero attached hydrogens (tertiary/aromatic N) is 1. The summed E-state index contributed by atoms with van der Waals surface area (Å²) in [7, 11) is 1.80. The number of fused-ring (bicyclic) bond motifs is 1. The van der Waals surface area contributed by atoms with Crippen molar-refractivity contribution in [1.82, 2.24) is 4.57 Å². The van der Waals surface area contributed by atoms with Gasteiger partial charge in [0.2, 0.25) is 0 Å². The van der Waals surface area contributed by atoms with Crippen LogP contribution in [0.5, 0.6) is 0 Å². The maximum absolute atomic E-state index is 12.6. The first-order chi connectivity index (χ1) is 11.9. The molecule has 1 heterocycles. The predicted octanol–water partition coefficient (Wildman–Crippen LogP) is 2.53. The number of aliphatic hydroxyl groups is 1. The van der Waals surface area contributed by atoms with Gasteiger partial charge >= 0.3 is 11.9 Å². The first-order valence-corrected chi connectivity index (χ1v) is 8.20. The number of para-hydroxylation sites is 1. The highest BCUT2D eigenvalue weighted by Crippen LogP contribution is 2.37. The van der Waals surface area contributed by atoms with Crippen molar-refractivity contribution >= 4 is 28.9 Å². The molecule has 2 rings (SSSR count). The molecule has 6 heteroatoms. The molecule has 1 N–H and O–H groups in total. The third kappa shape index (κ3) is 3.05. The Balaban J connectivity index is 2.87. The largest absolute Gasteiger partial charge is 0.463 e. The Morgan fingerprint density at radius 1 is 1.16 bits per heavy atom. The van der Waals surface area contributed by atoms with E-state index in [0.29, 0.717) is 11.1 Å². The minimum atomic E-state index is -2.54. The molecule has 6 nitrogen and oxygen atoms in total. The Labute approximate surface area is 146 Å². The summed E-state index contributed by atoms with van der Waals surface area (Å²) in [5.74, 6) is -2.09. The van der Waals surface area contributed by atoms with Gasteiger partial charge in [0.15, 0.2) is 0 Å². The van der Waals surface area contributed by atoms with Crippen LogP contribution >= 0.6 is 0 Å². The van der Waals surface area contributed by atoms with Gasteiger partial charge in [0, 0.05) is 29.2 Å². The van der Waals surface area contributed by atoms with Crippen LogP contribution in [0.15, 0.2) is 30.3 Å². The van der Waals surface area contributed by atoms with Crippen LogP contribution in [-0.4, -0.2) is 34.8 Å². The highest BCUT2D eigenvalue weighted by Gasteiger charge is 2.52. The van der Waals surface area contributed by atoms with Crippen LogP contribution in [-0.2, 0) is 31.7 Å². The maximum Gasteiger partial charge on any atom is 0.355 e. The Bertz CT molecular complexity index is 801. The van der Waals surface area contributed by atoms with Crippen LogP contribution in [0.2, 0.25) is 0 Å². The number of benzene rings is 1. The van der Waals surface area contributed by atoms with Gasteiger partial charge in [-0.25, -0.2) is 9.59 Å². The van der Waals surface area contributed by atoms with Gasteiger partial charge in [0.25, 0.3) is 5.60 Å². The molecule has 1 aromatic heterocycles. The van der Waals surface area contributed by atoms with Gasteiger partial charge in [0.1, 0.15) is 0 Å². The number of carbonyl (C=O) groups is 2. The summed E-state index contributed by atoms with van der Waals surface area (Å²) in [5.41, 5.74) is -1.06. The molecule has 25 heavy (non-hydrogen) atoms. The van der Waals surface area contributed by atoms with Gasteiger partial charge in [-0.05, 0) is 32.9 Å². The Morgan fingerprint density at radius 3 is 2.24 bits per heavy atom. The number of hydrogen-bond donors (Lipinski definition) is 1. The van der Waals surface area contributed by atoms with E-state index in [1.54, 1.807) is 45.2 Å². The summed E-state index contributed by atoms with van der Waals surface area (Å²) in [4.78, 5) is 25.2. The minimum absolute atomic E-state index is 0.0320. The van der Waals surface area contributed by atoms with Crippen LogP contribution in [0, 0.1) is 0 Å². The van der Waals surface area contributed by atoms with Crippen molar-refractivity contribution in [3.63, 3.8) is 0 Å². The van der Waals surface area contributed by atoms with E-state index in [0.717, 1.165) is 5.52 Å². The lowest BCUT2D eigenvalue weighted by atomic mass is 9.90. The number of hydrogen-bond acceptors (Lipinski definition) is 5. The monoisotopic (exact) mass is 345 g/mol. The van der Waals surface area contributed by atoms with Crippen LogP contribution in [0.25, 0.3) is 17.0 Å². The topological polar surface area (TPSA) is 77.8 Å². The summed E-state index contributed by atoms with van der Waals surface area (Å²) in [6.07, 6.45) is 3.51. The lowest BCUT2D eigenvalue weighted by Gasteiger charge is -2.24. The maximum atomic E-state index is 12.6. The summed E-state index contributed by atoms with van der Waals surface area (Å²) < 4.78 is 11.8. The standard InChI is InChI=1S/C19H23NO5/c1-5-10-15-16(13-11-8-9-12-14(13)20(15)4)19(23,17(21)24-6-2)18(22)25-7-3/h5,8-12,23H,6-7H2,1-4H3/b10-5-. The zero-order chi connectivity index (χ0) is 18.6. The van der Waals surface area contributed by atoms with E-state index >= 15 is 0 Å². The van der Waals surface area contributed by atoms with Crippen molar-refractivity contribution in [2.45, 2.75) is 26.4 Å². The molecule has 1 aromatic carbocycles. The molecule has 134 valence electrons. The summed E-state index contributed by atoms with van der Waals surface area (Å²) >= 11 is 0. The molecule has 2 aromatic rings. The summed E-state index contributed by atoms with van der Waals surface area (Å²) in [5, 5.41) is 11.8. The van der Waals surface area contributed by atoms with Crippen molar-refractivity contribution in [1.29, 1.82) is 0 Å². The highest BCUT2D eigenvalue weighted by atomic mass is 16.6. The number of esters is 2. The molecule has 0 fully saturated rings. The fourth-order valence-corrected chi connectivity index (χ4v) is 2.90. The molecule has 0 aliphatic carbocycles. The summed E-state index contributed by atoms with van der Waals surface area (Å²) in [6.45, 7) is 5.10. The van der Waals surface area contributed by atoms with E-state index < -0.39 is 17.5 Å². The molecule has 0 bridgehead atoms. The smallest absolute Gasteiger partial charge is 0.355 e. The second kappa shape index (κ2) is 7.53. The number of ether oxygens (including phenoxy) is 2. The Morgan fingerprint density at radius 2 is 1.72 bits per heavy atom. The van der Waals surface area contributed by atoms with E-state index in [2.05, 4.69) is 0 Å². The number of allylic oxidation sites excluding steroid dienone is 1. The fourth-order valence-electron chi connectivity index (χ4n) is 2.90. The average Bonchev–Trinajstić information content (AvgIpc) is 2.88. The zero-order valence-corrected chi connectivity index (χ0v) is 14.9. The molecular weight excluding hydrogens is 322 g/mol. The van der Waals surface area contributed by atoms with Crippen molar-refractivity contribution in [2.75, 3.05) is 13.2 Å². The third-order valence-corrected chi connectivity index (χ3v) is 3.98. The van der Waals surface area contributed by atoms with Crippen LogP contribution in [0.4, 0.5) is 0 Å². The van der Waals surface area contributed by atoms with Crippen molar-refractivity contribution in [2.24, 2.45) is 7.05 Å². The molecule has 0 atom stereocenters. The Hall–Kier alpha value is -2.60. The van der Waals surface area contributed by atoms with Crippen molar-refractivity contribution in [3.05, 3.63) is 41.6 Å². The van der Waals surface area contributed by atoms with Crippen LogP contribution in [0.1, 0.15) is 32.0 Å². The van der Waals surface area contributed by atoms with Gasteiger partial charge in [-0.2, -0.15) is 0 Å². The first-order valence-electron chi connectivity index (χ1n) is 8.20. The zero-order valence-electron chi connectivity index (χ0n) is 14.9. The normalized spacial score (nSPS) is 11.9. The third-order valence-electron chi connectivity index (χ3n) is 3.98. The highest BCUT2D eigenvalue weighted by molar-refractivity contribution is 6.09. The Kier molecular flexibility index (Phi) is 5.64. The molecule has 0 spiro atoms. The van der Waals surface area contributed by atoms with E-state index in [4.69, 9.17) is 9.47 Å². The molecule has 0 radical (unpaired) electrons. The average molecular weight is 345 g/mol. The van der Waals surface area contributed by atoms with Crippen LogP contribution < -0.4 is 0 Å². The fraction of sp³-hybridized carbons (Fsp3) is 0.368. The molecule has 0 saturated heterocycles. The van der Waals surface area contributed by atoms with E-state index in [1.165, 1.54) is 0 Å². The van der Waals surface area contributed by atoms with Crippen molar-refractivity contribution in [3.8, 4) is 0 Å². The van der Waals surface area contributed by atoms with E-state index in [1.807, 2.05) is 23.6 Å². The van der Waals surface area contributed by atoms with E-state index in [9.17, 15) is 14.7 Å². The predicted molar refractivity (Wildman–Crippen MR) is 94.8 cm³/mol. The lowest BCUT2D eigenvalue weighted by Crippen LogP contribution is -2.46. The molecule has 0 amide bonds. The first kappa shape index (κ1) is 18.7. The molecule has 0 aliphatic heterocycles. The van der Waals surface area contributed by atoms with Crippen LogP contribution in [0.3, 0.4) is 0 Å². The summed E-state index contributed by atoms with van der Waals surface area (Å²) in [6, 6.07) is 7.23. The van der Waals surface area contributed by atoms with E-state index in [-0.39, 0.29) is 18.8 Å². The second-order valence-corrected chi connectivity index (χ2v) is 5.49. The van der Waals surface area contributed by atoms with Gasteiger partial charge in [-0.3, -0.25) is 0 Å². The second-order valence-electron chi connectivity index (χ2n) is 5.49. The van der Waals surface area contributed by atoms with Gasteiger partial charge in [0.05, 0.1) is 13.2 Å². The SMILES string of the molecule is C/C=C\c1c(C(O)(C(=O)OCC)C(=O)OCC)c2ccccc2n1C.